The van der Waals surface area contributed by atoms with Crippen LogP contribution in [0, 0.1) is 5.92 Å². The Morgan fingerprint density at radius 1 is 0.539 bits per heavy atom. The number of aliphatic hydroxyl groups is 2. The second-order valence-electron chi connectivity index (χ2n) is 27.3. The van der Waals surface area contributed by atoms with Crippen LogP contribution in [0.15, 0.2) is 97.5 Å². The summed E-state index contributed by atoms with van der Waals surface area (Å²) >= 11 is 0.823. The van der Waals surface area contributed by atoms with Crippen molar-refractivity contribution in [2.75, 3.05) is 36.5 Å². The number of thioether (sulfide) groups is 1. The number of unbranched alkanes of at least 4 members (excludes halogenated alkanes) is 1. The first-order chi connectivity index (χ1) is 54.5. The number of carboxylic acid groups (broad SMARTS) is 4. The van der Waals surface area contributed by atoms with Gasteiger partial charge in [-0.1, -0.05) is 74.5 Å². The highest BCUT2D eigenvalue weighted by atomic mass is 32.2. The predicted octanol–water partition coefficient (Wildman–Crippen LogP) is -5.15. The van der Waals surface area contributed by atoms with Crippen LogP contribution in [0.1, 0.15) is 95.9 Å². The number of aromatic nitrogens is 2. The number of hydrogen-bond donors (Lipinski definition) is 22. The molecule has 4 aromatic rings. The van der Waals surface area contributed by atoms with Crippen molar-refractivity contribution in [3.63, 3.8) is 0 Å². The van der Waals surface area contributed by atoms with Crippen LogP contribution in [0.5, 0.6) is 5.75 Å². The maximum atomic E-state index is 14.8. The number of nitrogens with two attached hydrogens (primary N) is 2. The van der Waals surface area contributed by atoms with Crippen LogP contribution in [0.4, 0.5) is 5.69 Å². The van der Waals surface area contributed by atoms with Crippen LogP contribution in [-0.4, -0.2) is 267 Å². The summed E-state index contributed by atoms with van der Waals surface area (Å²) in [7, 11) is 0. The fourth-order valence-corrected chi connectivity index (χ4v) is 12.5. The standard InChI is InChI=1S/C73H99N17O24S/c1-37(2)59(70(110)84-48(26-40-14-7-5-8-15-40)64(104)82-50(30-57(97)98)66(106)80-46(73(113)114)18-11-12-24-74)88-71(111)60(39(4)92)89-67(107)52(33-91)86-65(105)47(27-41-20-22-44(93)23-21-41)81-68(108)53(34-115-35-55(94)79-42-16-9-6-10-17-42)87-61(101)38(3)78-63(103)49(28-43-32-76-36-77-43)83-69(109)54-19-13-25-90(54)72(112)51(31-58(99)100)85-62(102)45(75)29-56(95)96/h5-10,14-17,20-23,32,36-39,45-54,59-60,91-93H,11-13,18-19,24-31,33-35,74-75H2,1-4H3,(H,76,77)(H,78,103)(H,79,94)(H,80,106)(H,81,108)(H,82,104)(H,83,109)(H,84,110)(H,85,102)(H,86,105)(H,87,101)(H,88,111)(H,89,107)(H,95,96)(H,97,98)(H,99,100)(H,113,114)/t38-,39+,45-,46-,47-,48-,49-,50-,51-,52-,53-,54-,59-,60-/m0/s1. The molecule has 0 saturated carbocycles. The molecule has 24 N–H and O–H groups in total. The summed E-state index contributed by atoms with van der Waals surface area (Å²) in [4.78, 5) is 238. The smallest absolute Gasteiger partial charge is 0.326 e. The molecule has 41 nitrogen and oxygen atoms in total. The third-order valence-electron chi connectivity index (χ3n) is 17.7. The van der Waals surface area contributed by atoms with Crippen molar-refractivity contribution in [3.05, 3.63) is 114 Å². The summed E-state index contributed by atoms with van der Waals surface area (Å²) in [6.07, 6.45) is -2.44. The van der Waals surface area contributed by atoms with E-state index >= 15 is 0 Å². The average Bonchev–Trinajstić information content (AvgIpc) is 1.76. The van der Waals surface area contributed by atoms with E-state index in [0.717, 1.165) is 23.6 Å². The number of benzene rings is 3. The molecule has 1 aliphatic rings. The molecule has 2 heterocycles. The number of carboxylic acids is 4. The largest absolute Gasteiger partial charge is 0.508 e. The number of phenolic OH excluding ortho intramolecular Hbond substituents is 1. The summed E-state index contributed by atoms with van der Waals surface area (Å²) in [5, 5.41) is 99.1. The van der Waals surface area contributed by atoms with E-state index in [2.05, 4.69) is 73.8 Å². The third-order valence-corrected chi connectivity index (χ3v) is 18.8. The van der Waals surface area contributed by atoms with Gasteiger partial charge in [-0.25, -0.2) is 9.78 Å². The number of aliphatic hydroxyl groups excluding tert-OH is 2. The average molecular weight is 1630 g/mol. The van der Waals surface area contributed by atoms with Crippen molar-refractivity contribution in [3.8, 4) is 5.75 Å². The molecule has 3 aromatic carbocycles. The highest BCUT2D eigenvalue weighted by Crippen LogP contribution is 2.22. The van der Waals surface area contributed by atoms with Gasteiger partial charge in [0.05, 0.1) is 55.8 Å². The SMILES string of the molecule is CC(C)[C@H](NC(=O)[C@@H](NC(=O)[C@H](CO)NC(=O)[C@H](Cc1ccc(O)cc1)NC(=O)[C@H](CSCC(=O)Nc1ccccc1)NC(=O)[C@H](C)NC(=O)[C@H](Cc1c[nH]cn1)NC(=O)[C@@H]1CCCN1C(=O)[C@H](CC(=O)O)NC(=O)[C@@H](N)CC(=O)O)[C@@H](C)O)C(=O)N[C@@H](Cc1ccccc1)C(=O)N[C@@H](CC(=O)O)C(=O)N[C@@H](CCCCN)C(=O)O. The molecule has 1 saturated heterocycles. The van der Waals surface area contributed by atoms with Gasteiger partial charge in [-0.3, -0.25) is 76.7 Å². The summed E-state index contributed by atoms with van der Waals surface area (Å²) in [6.45, 7) is 4.05. The number of carbonyl (C=O) groups is 17. The van der Waals surface area contributed by atoms with Gasteiger partial charge in [0.25, 0.3) is 0 Å². The van der Waals surface area contributed by atoms with Crippen molar-refractivity contribution in [2.24, 2.45) is 17.4 Å². The number of amides is 13. The molecule has 5 rings (SSSR count). The molecule has 42 heteroatoms. The minimum absolute atomic E-state index is 0.0283. The van der Waals surface area contributed by atoms with Gasteiger partial charge in [0.1, 0.15) is 78.3 Å². The Bertz CT molecular complexity index is 4030. The lowest BCUT2D eigenvalue weighted by molar-refractivity contribution is -0.146. The molecule has 1 fully saturated rings. The molecule has 13 amide bonds. The molecular weight excluding hydrogens is 1530 g/mol. The number of hydrogen-bond acceptors (Lipinski definition) is 24. The van der Waals surface area contributed by atoms with Gasteiger partial charge in [-0.15, -0.1) is 11.8 Å². The number of nitrogens with zero attached hydrogens (tertiary/aromatic N) is 2. The molecule has 0 aliphatic carbocycles. The summed E-state index contributed by atoms with van der Waals surface area (Å²) in [5.74, 6) is -22.0. The Balaban J connectivity index is 1.37. The van der Waals surface area contributed by atoms with Crippen LogP contribution in [0.3, 0.4) is 0 Å². The monoisotopic (exact) mass is 1630 g/mol. The molecule has 1 aliphatic heterocycles. The Kier molecular flexibility index (Phi) is 38.0. The molecule has 0 unspecified atom stereocenters. The number of rotatable bonds is 48. The zero-order chi connectivity index (χ0) is 85.2. The van der Waals surface area contributed by atoms with Gasteiger partial charge in [0, 0.05) is 43.4 Å². The Labute approximate surface area is 662 Å². The molecule has 0 bridgehead atoms. The molecule has 115 heavy (non-hydrogen) atoms. The first-order valence-electron chi connectivity index (χ1n) is 36.5. The zero-order valence-electron chi connectivity index (χ0n) is 63.2. The van der Waals surface area contributed by atoms with Gasteiger partial charge in [-0.2, -0.15) is 0 Å². The van der Waals surface area contributed by atoms with Crippen LogP contribution in [0.25, 0.3) is 0 Å². The molecule has 0 radical (unpaired) electrons. The van der Waals surface area contributed by atoms with Gasteiger partial charge >= 0.3 is 23.9 Å². The lowest BCUT2D eigenvalue weighted by Crippen LogP contribution is -2.63. The number of H-pyrrole nitrogens is 1. The van der Waals surface area contributed by atoms with Crippen molar-refractivity contribution in [2.45, 2.75) is 183 Å². The molecule has 626 valence electrons. The quantitative estimate of drug-likeness (QED) is 0.0184. The number of aromatic amines is 1. The molecule has 14 atom stereocenters. The van der Waals surface area contributed by atoms with E-state index in [1.807, 2.05) is 0 Å². The summed E-state index contributed by atoms with van der Waals surface area (Å²) < 4.78 is 0. The van der Waals surface area contributed by atoms with Crippen LogP contribution in [-0.2, 0) is 101 Å². The Morgan fingerprint density at radius 2 is 1.03 bits per heavy atom. The van der Waals surface area contributed by atoms with Gasteiger partial charge in [-0.05, 0) is 93.8 Å². The number of anilines is 1. The van der Waals surface area contributed by atoms with Gasteiger partial charge < -0.3 is 121 Å². The van der Waals surface area contributed by atoms with E-state index in [-0.39, 0.29) is 74.4 Å². The first-order valence-corrected chi connectivity index (χ1v) is 37.6. The number of phenols is 1. The first kappa shape index (κ1) is 93.4. The number of nitrogens with one attached hydrogen (secondary N) is 13. The number of aromatic hydroxyl groups is 1. The van der Waals surface area contributed by atoms with E-state index in [9.17, 15) is 112 Å². The van der Waals surface area contributed by atoms with Crippen LogP contribution in [0.2, 0.25) is 0 Å². The minimum atomic E-state index is -2.02. The van der Waals surface area contributed by atoms with E-state index < -0.39 is 229 Å². The maximum Gasteiger partial charge on any atom is 0.326 e. The van der Waals surface area contributed by atoms with Crippen LogP contribution >= 0.6 is 11.8 Å². The molecular formula is C73H99N17O24S. The highest BCUT2D eigenvalue weighted by Gasteiger charge is 2.42. The predicted molar refractivity (Wildman–Crippen MR) is 407 cm³/mol. The van der Waals surface area contributed by atoms with Crippen molar-refractivity contribution in [1.29, 1.82) is 0 Å². The second-order valence-corrected chi connectivity index (χ2v) is 28.4. The topological polar surface area (TPSA) is 660 Å². The number of aliphatic carboxylic acids is 4. The maximum absolute atomic E-state index is 14.8. The lowest BCUT2D eigenvalue weighted by atomic mass is 9.99. The minimum Gasteiger partial charge on any atom is -0.508 e. The van der Waals surface area contributed by atoms with E-state index in [1.54, 1.807) is 60.7 Å². The Hall–Kier alpha value is -12.1. The number of imidazole rings is 1. The van der Waals surface area contributed by atoms with Crippen molar-refractivity contribution >= 4 is 118 Å². The van der Waals surface area contributed by atoms with E-state index in [4.69, 9.17) is 16.6 Å². The normalized spacial score (nSPS) is 15.8. The van der Waals surface area contributed by atoms with Crippen molar-refractivity contribution in [1.82, 2.24) is 73.4 Å². The summed E-state index contributed by atoms with van der Waals surface area (Å²) in [6, 6.07) is -0.769. The highest BCUT2D eigenvalue weighted by molar-refractivity contribution is 8.00. The second kappa shape index (κ2) is 46.8. The molecule has 0 spiro atoms. The number of carbonyl (C=O) groups excluding carboxylic acids is 13. The van der Waals surface area contributed by atoms with Crippen LogP contribution < -0.4 is 75.3 Å². The lowest BCUT2D eigenvalue weighted by Gasteiger charge is -2.30. The third kappa shape index (κ3) is 31.4. The van der Waals surface area contributed by atoms with E-state index in [1.165, 1.54) is 57.6 Å². The van der Waals surface area contributed by atoms with Gasteiger partial charge in [0.15, 0.2) is 0 Å². The zero-order valence-corrected chi connectivity index (χ0v) is 64.1. The fraction of sp³-hybridized carbons (Fsp3) is 0.479. The van der Waals surface area contributed by atoms with Crippen molar-refractivity contribution < 1.29 is 117 Å². The van der Waals surface area contributed by atoms with Gasteiger partial charge in [0.2, 0.25) is 76.8 Å². The Morgan fingerprint density at radius 3 is 1.60 bits per heavy atom. The van der Waals surface area contributed by atoms with E-state index in [0.29, 0.717) is 17.7 Å². The molecule has 1 aromatic heterocycles. The number of para-hydroxylation sites is 1. The number of likely N-dealkylation sites (tertiary alicyclic amines) is 1. The summed E-state index contributed by atoms with van der Waals surface area (Å²) in [5.41, 5.74) is 12.5. The fourth-order valence-electron chi connectivity index (χ4n) is 11.6.